The van der Waals surface area contributed by atoms with Gasteiger partial charge in [-0.1, -0.05) is 23.8 Å². The molecule has 158 valence electrons. The van der Waals surface area contributed by atoms with Crippen LogP contribution in [0.25, 0.3) is 15.9 Å². The molecule has 0 bridgehead atoms. The molecule has 0 saturated carbocycles. The maximum absolute atomic E-state index is 13.7. The van der Waals surface area contributed by atoms with Crippen molar-refractivity contribution < 1.29 is 4.79 Å². The highest BCUT2D eigenvalue weighted by Crippen LogP contribution is 2.30. The number of likely N-dealkylation sites (tertiary alicyclic amines) is 1. The zero-order valence-corrected chi connectivity index (χ0v) is 18.5. The van der Waals surface area contributed by atoms with Crippen LogP contribution < -0.4 is 0 Å². The second-order valence-corrected chi connectivity index (χ2v) is 9.48. The first-order valence-electron chi connectivity index (χ1n) is 10.7. The van der Waals surface area contributed by atoms with Gasteiger partial charge in [0.15, 0.2) is 0 Å². The number of carbonyl (C=O) groups is 1. The second kappa shape index (κ2) is 8.23. The number of aromatic nitrogens is 4. The smallest absolute Gasteiger partial charge is 0.256 e. The number of amides is 1. The number of rotatable bonds is 4. The standard InChI is InChI=1S/C24H25N5OS/c1-16-7-10-21(29-25-11-12-26-29)19(13-16)24(30)28-15-18(9-8-17(28)2)14-23-27-20-5-3-4-6-22(20)31-23/h3-7,10-13,17-18H,8-9,14-15H2,1-2H3/t17-,18+/m0/s1. The molecule has 1 aliphatic rings. The average Bonchev–Trinajstić information content (AvgIpc) is 3.44. The highest BCUT2D eigenvalue weighted by molar-refractivity contribution is 7.18. The first kappa shape index (κ1) is 19.9. The molecule has 1 aliphatic heterocycles. The van der Waals surface area contributed by atoms with E-state index in [2.05, 4.69) is 35.3 Å². The number of nitrogens with zero attached hydrogens (tertiary/aromatic N) is 5. The molecular formula is C24H25N5OS. The summed E-state index contributed by atoms with van der Waals surface area (Å²) < 4.78 is 1.23. The van der Waals surface area contributed by atoms with E-state index in [0.717, 1.165) is 47.6 Å². The molecule has 1 saturated heterocycles. The van der Waals surface area contributed by atoms with Gasteiger partial charge in [0.05, 0.1) is 38.9 Å². The first-order valence-corrected chi connectivity index (χ1v) is 11.5. The largest absolute Gasteiger partial charge is 0.336 e. The second-order valence-electron chi connectivity index (χ2n) is 8.37. The lowest BCUT2D eigenvalue weighted by Crippen LogP contribution is -2.46. The van der Waals surface area contributed by atoms with E-state index in [1.807, 2.05) is 36.1 Å². The quantitative estimate of drug-likeness (QED) is 0.471. The third-order valence-electron chi connectivity index (χ3n) is 6.06. The van der Waals surface area contributed by atoms with Crippen LogP contribution in [0.4, 0.5) is 0 Å². The molecule has 0 aliphatic carbocycles. The monoisotopic (exact) mass is 431 g/mol. The van der Waals surface area contributed by atoms with Gasteiger partial charge in [-0.25, -0.2) is 4.98 Å². The van der Waals surface area contributed by atoms with Gasteiger partial charge in [-0.05, 0) is 56.9 Å². The molecule has 0 N–H and O–H groups in total. The van der Waals surface area contributed by atoms with Crippen molar-refractivity contribution in [3.05, 3.63) is 71.0 Å². The van der Waals surface area contributed by atoms with E-state index < -0.39 is 0 Å². The van der Waals surface area contributed by atoms with Crippen molar-refractivity contribution in [3.63, 3.8) is 0 Å². The van der Waals surface area contributed by atoms with Crippen LogP contribution in [0.15, 0.2) is 54.9 Å². The van der Waals surface area contributed by atoms with E-state index >= 15 is 0 Å². The summed E-state index contributed by atoms with van der Waals surface area (Å²) in [6.07, 6.45) is 6.29. The minimum atomic E-state index is 0.0532. The predicted molar refractivity (Wildman–Crippen MR) is 123 cm³/mol. The Hall–Kier alpha value is -3.06. The van der Waals surface area contributed by atoms with Gasteiger partial charge in [-0.2, -0.15) is 15.0 Å². The van der Waals surface area contributed by atoms with Crippen molar-refractivity contribution >= 4 is 27.5 Å². The van der Waals surface area contributed by atoms with Crippen LogP contribution >= 0.6 is 11.3 Å². The van der Waals surface area contributed by atoms with E-state index in [-0.39, 0.29) is 11.9 Å². The molecule has 0 radical (unpaired) electrons. The van der Waals surface area contributed by atoms with Crippen molar-refractivity contribution in [2.45, 2.75) is 39.2 Å². The fourth-order valence-corrected chi connectivity index (χ4v) is 5.46. The number of aryl methyl sites for hydroxylation is 1. The molecule has 0 spiro atoms. The Morgan fingerprint density at radius 2 is 1.94 bits per heavy atom. The Balaban J connectivity index is 1.39. The van der Waals surface area contributed by atoms with Gasteiger partial charge in [-0.15, -0.1) is 11.3 Å². The number of hydrogen-bond donors (Lipinski definition) is 0. The van der Waals surface area contributed by atoms with Gasteiger partial charge >= 0.3 is 0 Å². The highest BCUT2D eigenvalue weighted by Gasteiger charge is 2.31. The van der Waals surface area contributed by atoms with Crippen molar-refractivity contribution in [1.29, 1.82) is 0 Å². The summed E-state index contributed by atoms with van der Waals surface area (Å²) >= 11 is 1.77. The number of benzene rings is 2. The van der Waals surface area contributed by atoms with E-state index in [9.17, 15) is 4.79 Å². The molecule has 1 fully saturated rings. The molecule has 1 amide bonds. The number of piperidine rings is 1. The molecule has 2 aromatic carbocycles. The molecular weight excluding hydrogens is 406 g/mol. The van der Waals surface area contributed by atoms with E-state index in [1.165, 1.54) is 9.50 Å². The minimum Gasteiger partial charge on any atom is -0.336 e. The summed E-state index contributed by atoms with van der Waals surface area (Å²) in [4.78, 5) is 22.0. The van der Waals surface area contributed by atoms with Crippen LogP contribution in [0.2, 0.25) is 0 Å². The van der Waals surface area contributed by atoms with Crippen LogP contribution in [0.1, 0.15) is 40.7 Å². The van der Waals surface area contributed by atoms with Crippen LogP contribution in [0.5, 0.6) is 0 Å². The molecule has 5 rings (SSSR count). The maximum atomic E-state index is 13.7. The average molecular weight is 432 g/mol. The highest BCUT2D eigenvalue weighted by atomic mass is 32.1. The van der Waals surface area contributed by atoms with Gasteiger partial charge in [-0.3, -0.25) is 4.79 Å². The van der Waals surface area contributed by atoms with E-state index in [4.69, 9.17) is 4.98 Å². The van der Waals surface area contributed by atoms with Crippen molar-refractivity contribution in [1.82, 2.24) is 24.9 Å². The minimum absolute atomic E-state index is 0.0532. The van der Waals surface area contributed by atoms with Crippen molar-refractivity contribution in [2.75, 3.05) is 6.54 Å². The lowest BCUT2D eigenvalue weighted by Gasteiger charge is -2.38. The number of thiazole rings is 1. The molecule has 0 unspecified atom stereocenters. The summed E-state index contributed by atoms with van der Waals surface area (Å²) in [6, 6.07) is 14.3. The molecule has 6 nitrogen and oxygen atoms in total. The van der Waals surface area contributed by atoms with Gasteiger partial charge in [0.2, 0.25) is 0 Å². The molecule has 7 heteroatoms. The summed E-state index contributed by atoms with van der Waals surface area (Å²) in [6.45, 7) is 4.90. The van der Waals surface area contributed by atoms with Crippen LogP contribution in [0, 0.1) is 12.8 Å². The van der Waals surface area contributed by atoms with Crippen molar-refractivity contribution in [3.8, 4) is 5.69 Å². The predicted octanol–water partition coefficient (Wildman–Crippen LogP) is 4.67. The molecule has 31 heavy (non-hydrogen) atoms. The van der Waals surface area contributed by atoms with Crippen LogP contribution in [-0.2, 0) is 6.42 Å². The van der Waals surface area contributed by atoms with Gasteiger partial charge in [0.25, 0.3) is 5.91 Å². The van der Waals surface area contributed by atoms with Crippen molar-refractivity contribution in [2.24, 2.45) is 5.92 Å². The zero-order valence-electron chi connectivity index (χ0n) is 17.7. The normalized spacial score (nSPS) is 19.1. The fraction of sp³-hybridized carbons (Fsp3) is 0.333. The summed E-state index contributed by atoms with van der Waals surface area (Å²) in [5, 5.41) is 9.64. The van der Waals surface area contributed by atoms with Crippen LogP contribution in [-0.4, -0.2) is 43.4 Å². The number of para-hydroxylation sites is 1. The van der Waals surface area contributed by atoms with Gasteiger partial charge < -0.3 is 4.90 Å². The van der Waals surface area contributed by atoms with Gasteiger partial charge in [0.1, 0.15) is 0 Å². The third-order valence-corrected chi connectivity index (χ3v) is 7.12. The first-order chi connectivity index (χ1) is 15.1. The van der Waals surface area contributed by atoms with Gasteiger partial charge in [0, 0.05) is 19.0 Å². The lowest BCUT2D eigenvalue weighted by molar-refractivity contribution is 0.0559. The van der Waals surface area contributed by atoms with E-state index in [0.29, 0.717) is 11.5 Å². The SMILES string of the molecule is Cc1ccc(-n2nccn2)c(C(=O)N2C[C@@H](Cc3nc4ccccc4s3)CC[C@@H]2C)c1. The Kier molecular flexibility index (Phi) is 5.28. The lowest BCUT2D eigenvalue weighted by atomic mass is 9.90. The zero-order chi connectivity index (χ0) is 21.4. The Morgan fingerprint density at radius 3 is 2.74 bits per heavy atom. The Bertz CT molecular complexity index is 1180. The third kappa shape index (κ3) is 3.97. The fourth-order valence-electron chi connectivity index (χ4n) is 4.38. The molecule has 3 heterocycles. The number of fused-ring (bicyclic) bond motifs is 1. The molecule has 2 atom stereocenters. The summed E-state index contributed by atoms with van der Waals surface area (Å²) in [7, 11) is 0. The number of carbonyl (C=O) groups excluding carboxylic acids is 1. The Labute approximate surface area is 185 Å². The topological polar surface area (TPSA) is 63.9 Å². The Morgan fingerprint density at radius 1 is 1.13 bits per heavy atom. The molecule has 4 aromatic rings. The van der Waals surface area contributed by atoms with Crippen LogP contribution in [0.3, 0.4) is 0 Å². The summed E-state index contributed by atoms with van der Waals surface area (Å²) in [5.41, 5.74) is 3.50. The molecule has 2 aromatic heterocycles. The number of hydrogen-bond acceptors (Lipinski definition) is 5. The van der Waals surface area contributed by atoms with E-state index in [1.54, 1.807) is 23.7 Å². The maximum Gasteiger partial charge on any atom is 0.256 e. The summed E-state index contributed by atoms with van der Waals surface area (Å²) in [5.74, 6) is 0.467.